The number of ether oxygens (including phenoxy) is 2. The first kappa shape index (κ1) is 16.8. The number of rotatable bonds is 7. The summed E-state index contributed by atoms with van der Waals surface area (Å²) in [5.74, 6) is 1.21. The van der Waals surface area contributed by atoms with Crippen LogP contribution in [0, 0.1) is 6.92 Å². The molecule has 1 aromatic heterocycles. The number of nitrogens with zero attached hydrogens (tertiary/aromatic N) is 3. The molecule has 0 spiro atoms. The van der Waals surface area contributed by atoms with Crippen LogP contribution in [-0.2, 0) is 4.79 Å². The molecule has 1 heterocycles. The highest BCUT2D eigenvalue weighted by Gasteiger charge is 2.17. The number of aryl methyl sites for hydroxylation is 1. The van der Waals surface area contributed by atoms with Crippen LogP contribution in [0.1, 0.15) is 18.4 Å². The minimum Gasteiger partial charge on any atom is -0.493 e. The van der Waals surface area contributed by atoms with Crippen LogP contribution in [0.3, 0.4) is 0 Å². The van der Waals surface area contributed by atoms with Gasteiger partial charge in [-0.2, -0.15) is 0 Å². The van der Waals surface area contributed by atoms with Crippen molar-refractivity contribution in [2.45, 2.75) is 19.8 Å². The molecule has 0 aliphatic carbocycles. The van der Waals surface area contributed by atoms with Gasteiger partial charge in [0.2, 0.25) is 0 Å². The molecule has 0 aliphatic rings. The van der Waals surface area contributed by atoms with Crippen molar-refractivity contribution in [3.8, 4) is 11.5 Å². The first-order valence-corrected chi connectivity index (χ1v) is 7.28. The van der Waals surface area contributed by atoms with E-state index in [2.05, 4.69) is 9.97 Å². The maximum absolute atomic E-state index is 10.7. The van der Waals surface area contributed by atoms with Crippen LogP contribution >= 0.6 is 0 Å². The van der Waals surface area contributed by atoms with Crippen LogP contribution in [0.5, 0.6) is 11.5 Å². The van der Waals surface area contributed by atoms with Crippen LogP contribution < -0.4 is 14.4 Å². The summed E-state index contributed by atoms with van der Waals surface area (Å²) in [6.07, 6.45) is 2.18. The molecule has 2 rings (SSSR count). The van der Waals surface area contributed by atoms with Gasteiger partial charge >= 0.3 is 5.97 Å². The normalized spacial score (nSPS) is 10.6. The van der Waals surface area contributed by atoms with Crippen LogP contribution in [0.4, 0.5) is 5.82 Å². The quantitative estimate of drug-likeness (QED) is 0.837. The Kier molecular flexibility index (Phi) is 5.20. The van der Waals surface area contributed by atoms with Crippen molar-refractivity contribution in [3.05, 3.63) is 18.0 Å². The minimum atomic E-state index is -0.798. The Hall–Kier alpha value is -2.57. The van der Waals surface area contributed by atoms with Gasteiger partial charge in [-0.25, -0.2) is 9.97 Å². The van der Waals surface area contributed by atoms with E-state index in [1.165, 1.54) is 6.33 Å². The molecule has 0 bridgehead atoms. The lowest BCUT2D eigenvalue weighted by atomic mass is 10.1. The highest BCUT2D eigenvalue weighted by atomic mass is 16.5. The van der Waals surface area contributed by atoms with E-state index >= 15 is 0 Å². The maximum Gasteiger partial charge on any atom is 0.303 e. The Bertz CT molecular complexity index is 718. The molecule has 1 N–H and O–H groups in total. The maximum atomic E-state index is 10.7. The van der Waals surface area contributed by atoms with Gasteiger partial charge in [-0.1, -0.05) is 0 Å². The number of anilines is 1. The smallest absolute Gasteiger partial charge is 0.303 e. The standard InChI is InChI=1S/C16H21N3O4/c1-10-14-11(8-12(22-3)15(10)23-4)16(18-9-17-14)19(2)7-5-6-13(20)21/h8-9H,5-7H2,1-4H3,(H,20,21). The number of aromatic nitrogens is 2. The van der Waals surface area contributed by atoms with Crippen molar-refractivity contribution >= 4 is 22.7 Å². The Morgan fingerprint density at radius 1 is 1.30 bits per heavy atom. The van der Waals surface area contributed by atoms with Crippen LogP contribution in [0.2, 0.25) is 0 Å². The van der Waals surface area contributed by atoms with Gasteiger partial charge in [0.05, 0.1) is 19.7 Å². The highest BCUT2D eigenvalue weighted by Crippen LogP contribution is 2.38. The molecule has 0 saturated carbocycles. The first-order chi connectivity index (χ1) is 11.0. The van der Waals surface area contributed by atoms with Gasteiger partial charge in [-0.15, -0.1) is 0 Å². The zero-order valence-corrected chi connectivity index (χ0v) is 13.8. The average Bonchev–Trinajstić information content (AvgIpc) is 2.53. The summed E-state index contributed by atoms with van der Waals surface area (Å²) in [6, 6.07) is 1.85. The molecule has 7 heteroatoms. The number of carboxylic acid groups (broad SMARTS) is 1. The predicted octanol–water partition coefficient (Wildman–Crippen LogP) is 2.26. The summed E-state index contributed by atoms with van der Waals surface area (Å²) < 4.78 is 10.8. The molecule has 23 heavy (non-hydrogen) atoms. The number of fused-ring (bicyclic) bond motifs is 1. The second kappa shape index (κ2) is 7.13. The van der Waals surface area contributed by atoms with Crippen molar-refractivity contribution in [1.82, 2.24) is 9.97 Å². The number of hydrogen-bond donors (Lipinski definition) is 1. The van der Waals surface area contributed by atoms with E-state index in [0.717, 1.165) is 22.3 Å². The van der Waals surface area contributed by atoms with Gasteiger partial charge in [-0.05, 0) is 19.4 Å². The third-order valence-corrected chi connectivity index (χ3v) is 3.73. The van der Waals surface area contributed by atoms with Crippen molar-refractivity contribution < 1.29 is 19.4 Å². The summed E-state index contributed by atoms with van der Waals surface area (Å²) in [5.41, 5.74) is 1.67. The summed E-state index contributed by atoms with van der Waals surface area (Å²) in [5, 5.41) is 9.60. The molecule has 0 aliphatic heterocycles. The number of aliphatic carboxylic acids is 1. The van der Waals surface area contributed by atoms with Gasteiger partial charge in [0.25, 0.3) is 0 Å². The van der Waals surface area contributed by atoms with E-state index < -0.39 is 5.97 Å². The molecule has 2 aromatic rings. The van der Waals surface area contributed by atoms with Crippen molar-refractivity contribution in [3.63, 3.8) is 0 Å². The van der Waals surface area contributed by atoms with Crippen molar-refractivity contribution in [2.24, 2.45) is 0 Å². The summed E-state index contributed by atoms with van der Waals surface area (Å²) in [7, 11) is 5.07. The monoisotopic (exact) mass is 319 g/mol. The SMILES string of the molecule is COc1cc2c(N(C)CCCC(=O)O)ncnc2c(C)c1OC. The fourth-order valence-electron chi connectivity index (χ4n) is 2.59. The second-order valence-corrected chi connectivity index (χ2v) is 5.25. The number of carbonyl (C=O) groups is 1. The van der Waals surface area contributed by atoms with Gasteiger partial charge in [-0.3, -0.25) is 4.79 Å². The Labute approximate surface area is 134 Å². The second-order valence-electron chi connectivity index (χ2n) is 5.25. The lowest BCUT2D eigenvalue weighted by molar-refractivity contribution is -0.137. The topological polar surface area (TPSA) is 84.8 Å². The summed E-state index contributed by atoms with van der Waals surface area (Å²) >= 11 is 0. The number of carboxylic acids is 1. The van der Waals surface area contributed by atoms with Crippen molar-refractivity contribution in [1.29, 1.82) is 0 Å². The van der Waals surface area contributed by atoms with Gasteiger partial charge in [0, 0.05) is 31.0 Å². The molecule has 0 saturated heterocycles. The zero-order valence-electron chi connectivity index (χ0n) is 13.8. The fraction of sp³-hybridized carbons (Fsp3) is 0.438. The van der Waals surface area contributed by atoms with E-state index in [9.17, 15) is 4.79 Å². The first-order valence-electron chi connectivity index (χ1n) is 7.28. The van der Waals surface area contributed by atoms with Crippen LogP contribution in [0.25, 0.3) is 10.9 Å². The molecule has 0 amide bonds. The van der Waals surface area contributed by atoms with E-state index in [4.69, 9.17) is 14.6 Å². The number of methoxy groups -OCH3 is 2. The Morgan fingerprint density at radius 3 is 2.65 bits per heavy atom. The predicted molar refractivity (Wildman–Crippen MR) is 87.5 cm³/mol. The van der Waals surface area contributed by atoms with Crippen molar-refractivity contribution in [2.75, 3.05) is 32.7 Å². The molecule has 0 radical (unpaired) electrons. The van der Waals surface area contributed by atoms with Gasteiger partial charge in [0.15, 0.2) is 11.5 Å². The lowest BCUT2D eigenvalue weighted by Crippen LogP contribution is -2.21. The lowest BCUT2D eigenvalue weighted by Gasteiger charge is -2.21. The Balaban J connectivity index is 2.45. The highest BCUT2D eigenvalue weighted by molar-refractivity contribution is 5.94. The Morgan fingerprint density at radius 2 is 2.04 bits per heavy atom. The molecule has 1 aromatic carbocycles. The van der Waals surface area contributed by atoms with E-state index in [-0.39, 0.29) is 6.42 Å². The van der Waals surface area contributed by atoms with E-state index in [1.54, 1.807) is 14.2 Å². The van der Waals surface area contributed by atoms with E-state index in [1.807, 2.05) is 24.9 Å². The fourth-order valence-corrected chi connectivity index (χ4v) is 2.59. The zero-order chi connectivity index (χ0) is 17.0. The third-order valence-electron chi connectivity index (χ3n) is 3.73. The number of benzene rings is 1. The van der Waals surface area contributed by atoms with Gasteiger partial charge in [0.1, 0.15) is 12.1 Å². The molecule has 0 fully saturated rings. The summed E-state index contributed by atoms with van der Waals surface area (Å²) in [6.45, 7) is 2.51. The average molecular weight is 319 g/mol. The molecule has 124 valence electrons. The molecular formula is C16H21N3O4. The molecule has 0 atom stereocenters. The molecular weight excluding hydrogens is 298 g/mol. The third kappa shape index (κ3) is 3.44. The number of hydrogen-bond acceptors (Lipinski definition) is 6. The van der Waals surface area contributed by atoms with Gasteiger partial charge < -0.3 is 19.5 Å². The van der Waals surface area contributed by atoms with Crippen LogP contribution in [0.15, 0.2) is 12.4 Å². The molecule has 0 unspecified atom stereocenters. The minimum absolute atomic E-state index is 0.128. The molecule has 7 nitrogen and oxygen atoms in total. The van der Waals surface area contributed by atoms with Crippen LogP contribution in [-0.4, -0.2) is 48.9 Å². The largest absolute Gasteiger partial charge is 0.493 e. The van der Waals surface area contributed by atoms with E-state index in [0.29, 0.717) is 24.5 Å². The summed E-state index contributed by atoms with van der Waals surface area (Å²) in [4.78, 5) is 21.3.